The zero-order valence-corrected chi connectivity index (χ0v) is 16.4. The van der Waals surface area contributed by atoms with Crippen molar-refractivity contribution in [2.75, 3.05) is 13.7 Å². The molecule has 0 saturated carbocycles. The van der Waals surface area contributed by atoms with Crippen LogP contribution in [0.4, 0.5) is 0 Å². The first kappa shape index (κ1) is 17.8. The van der Waals surface area contributed by atoms with Crippen LogP contribution < -0.4 is 10.1 Å². The second-order valence-corrected chi connectivity index (χ2v) is 8.78. The summed E-state index contributed by atoms with van der Waals surface area (Å²) < 4.78 is 12.5. The summed E-state index contributed by atoms with van der Waals surface area (Å²) in [5, 5.41) is 13.1. The van der Waals surface area contributed by atoms with E-state index in [0.29, 0.717) is 17.4 Å². The first-order chi connectivity index (χ1) is 12.5. The lowest BCUT2D eigenvalue weighted by Gasteiger charge is -2.46. The topological polar surface area (TPSA) is 54.3 Å². The number of nitriles is 1. The molecule has 1 fully saturated rings. The van der Waals surface area contributed by atoms with Crippen LogP contribution in [-0.4, -0.2) is 19.8 Å². The lowest BCUT2D eigenvalue weighted by Crippen LogP contribution is -2.49. The van der Waals surface area contributed by atoms with Gasteiger partial charge in [-0.15, -0.1) is 11.3 Å². The van der Waals surface area contributed by atoms with Crippen LogP contribution in [0.3, 0.4) is 0 Å². The number of piperidine rings is 1. The summed E-state index contributed by atoms with van der Waals surface area (Å²) in [5.41, 5.74) is 2.68. The summed E-state index contributed by atoms with van der Waals surface area (Å²) in [6, 6.07) is 10.6. The van der Waals surface area contributed by atoms with E-state index in [1.165, 1.54) is 10.4 Å². The molecule has 1 spiro atoms. The Morgan fingerprint density at radius 3 is 3.00 bits per heavy atom. The Kier molecular flexibility index (Phi) is 4.70. The molecule has 1 saturated heterocycles. The number of ether oxygens (including phenoxy) is 2. The van der Waals surface area contributed by atoms with Gasteiger partial charge in [0, 0.05) is 23.4 Å². The van der Waals surface area contributed by atoms with Crippen molar-refractivity contribution in [2.24, 2.45) is 0 Å². The van der Waals surface area contributed by atoms with Gasteiger partial charge in [-0.05, 0) is 49.1 Å². The van der Waals surface area contributed by atoms with Crippen molar-refractivity contribution < 1.29 is 9.47 Å². The molecule has 1 aromatic carbocycles. The fourth-order valence-corrected chi connectivity index (χ4v) is 5.77. The molecule has 4 nitrogen and oxygen atoms in total. The Morgan fingerprint density at radius 2 is 2.23 bits per heavy atom. The Balaban J connectivity index is 1.71. The SMILES string of the molecule is COc1ccc([C@@H]2C[C@]3(C[C@H](C)N2)OCCc2cc(Cl)sc23)cc1C#N. The highest BCUT2D eigenvalue weighted by atomic mass is 35.5. The first-order valence-electron chi connectivity index (χ1n) is 8.81. The summed E-state index contributed by atoms with van der Waals surface area (Å²) in [7, 11) is 1.59. The zero-order chi connectivity index (χ0) is 18.3. The number of benzene rings is 1. The standard InChI is InChI=1S/C20H21ClN2O2S/c1-12-9-20(19-14(5-6-25-20)8-18(21)26-19)10-16(23-12)13-3-4-17(24-2)15(7-13)11-22/h3-4,7-8,12,16,23H,5-6,9-10H2,1-2H3/t12-,16-,20-/m0/s1. The Hall–Kier alpha value is -1.58. The highest BCUT2D eigenvalue weighted by molar-refractivity contribution is 7.16. The molecule has 0 bridgehead atoms. The summed E-state index contributed by atoms with van der Waals surface area (Å²) >= 11 is 7.96. The first-order valence-corrected chi connectivity index (χ1v) is 10.0. The molecule has 2 aliphatic rings. The maximum absolute atomic E-state index is 9.41. The molecule has 136 valence electrons. The van der Waals surface area contributed by atoms with E-state index in [0.717, 1.165) is 35.8 Å². The van der Waals surface area contributed by atoms with Gasteiger partial charge in [0.25, 0.3) is 0 Å². The highest BCUT2D eigenvalue weighted by Crippen LogP contribution is 2.50. The predicted molar refractivity (Wildman–Crippen MR) is 103 cm³/mol. The van der Waals surface area contributed by atoms with Gasteiger partial charge in [0.05, 0.1) is 23.6 Å². The third kappa shape index (κ3) is 3.01. The molecule has 26 heavy (non-hydrogen) atoms. The molecule has 1 N–H and O–H groups in total. The van der Waals surface area contributed by atoms with Gasteiger partial charge in [-0.3, -0.25) is 0 Å². The van der Waals surface area contributed by atoms with Gasteiger partial charge in [0.15, 0.2) is 0 Å². The van der Waals surface area contributed by atoms with Gasteiger partial charge < -0.3 is 14.8 Å². The van der Waals surface area contributed by atoms with Crippen molar-refractivity contribution in [1.29, 1.82) is 5.26 Å². The van der Waals surface area contributed by atoms with Crippen molar-refractivity contribution in [3.63, 3.8) is 0 Å². The van der Waals surface area contributed by atoms with Crippen LogP contribution >= 0.6 is 22.9 Å². The van der Waals surface area contributed by atoms with E-state index in [4.69, 9.17) is 21.1 Å². The molecule has 0 aliphatic carbocycles. The number of fused-ring (bicyclic) bond motifs is 2. The van der Waals surface area contributed by atoms with Crippen molar-refractivity contribution in [2.45, 2.75) is 43.9 Å². The molecular weight excluding hydrogens is 368 g/mol. The molecule has 3 atom stereocenters. The number of thiophene rings is 1. The molecule has 0 radical (unpaired) electrons. The van der Waals surface area contributed by atoms with Crippen LogP contribution in [0.25, 0.3) is 0 Å². The lowest BCUT2D eigenvalue weighted by atomic mass is 9.78. The molecule has 3 heterocycles. The Labute approximate surface area is 162 Å². The fraction of sp³-hybridized carbons (Fsp3) is 0.450. The largest absolute Gasteiger partial charge is 0.495 e. The van der Waals surface area contributed by atoms with E-state index in [2.05, 4.69) is 24.4 Å². The zero-order valence-electron chi connectivity index (χ0n) is 14.8. The molecule has 4 rings (SSSR count). The van der Waals surface area contributed by atoms with E-state index in [-0.39, 0.29) is 11.6 Å². The number of methoxy groups -OCH3 is 1. The Morgan fingerprint density at radius 1 is 1.38 bits per heavy atom. The number of halogens is 1. The molecule has 1 aromatic heterocycles. The van der Waals surface area contributed by atoms with Gasteiger partial charge in [-0.1, -0.05) is 17.7 Å². The normalized spacial score (nSPS) is 27.8. The van der Waals surface area contributed by atoms with Crippen molar-refractivity contribution in [3.8, 4) is 11.8 Å². The minimum absolute atomic E-state index is 0.114. The second-order valence-electron chi connectivity index (χ2n) is 7.10. The fourth-order valence-electron chi connectivity index (χ4n) is 4.30. The Bertz CT molecular complexity index is 875. The predicted octanol–water partition coefficient (Wildman–Crippen LogP) is 4.56. The number of nitrogens with zero attached hydrogens (tertiary/aromatic N) is 1. The monoisotopic (exact) mass is 388 g/mol. The molecule has 0 amide bonds. The summed E-state index contributed by atoms with van der Waals surface area (Å²) in [6.45, 7) is 2.92. The van der Waals surface area contributed by atoms with E-state index in [1.54, 1.807) is 18.4 Å². The molecule has 2 aromatic rings. The van der Waals surface area contributed by atoms with Crippen LogP contribution in [0.1, 0.15) is 47.4 Å². The maximum atomic E-state index is 9.41. The van der Waals surface area contributed by atoms with Gasteiger partial charge in [0.2, 0.25) is 0 Å². The van der Waals surface area contributed by atoms with E-state index in [9.17, 15) is 5.26 Å². The average Bonchev–Trinajstić information content (AvgIpc) is 3.02. The molecule has 2 aliphatic heterocycles. The summed E-state index contributed by atoms with van der Waals surface area (Å²) in [4.78, 5) is 1.28. The van der Waals surface area contributed by atoms with Crippen LogP contribution in [0.2, 0.25) is 4.34 Å². The minimum Gasteiger partial charge on any atom is -0.495 e. The van der Waals surface area contributed by atoms with E-state index >= 15 is 0 Å². The molecular formula is C20H21ClN2O2S. The molecule has 0 unspecified atom stereocenters. The van der Waals surface area contributed by atoms with Gasteiger partial charge >= 0.3 is 0 Å². The van der Waals surface area contributed by atoms with E-state index in [1.807, 2.05) is 18.2 Å². The number of hydrogen-bond acceptors (Lipinski definition) is 5. The van der Waals surface area contributed by atoms with Crippen LogP contribution in [-0.2, 0) is 16.8 Å². The van der Waals surface area contributed by atoms with Crippen molar-refractivity contribution in [1.82, 2.24) is 5.32 Å². The van der Waals surface area contributed by atoms with Gasteiger partial charge in [-0.2, -0.15) is 5.26 Å². The maximum Gasteiger partial charge on any atom is 0.136 e. The lowest BCUT2D eigenvalue weighted by molar-refractivity contribution is -0.0954. The summed E-state index contributed by atoms with van der Waals surface area (Å²) in [5.74, 6) is 0.607. The van der Waals surface area contributed by atoms with Crippen LogP contribution in [0.5, 0.6) is 5.75 Å². The van der Waals surface area contributed by atoms with Crippen LogP contribution in [0, 0.1) is 11.3 Å². The minimum atomic E-state index is -0.298. The number of hydrogen-bond donors (Lipinski definition) is 1. The van der Waals surface area contributed by atoms with E-state index < -0.39 is 0 Å². The summed E-state index contributed by atoms with van der Waals surface area (Å²) in [6.07, 6.45) is 2.68. The van der Waals surface area contributed by atoms with Crippen molar-refractivity contribution >= 4 is 22.9 Å². The van der Waals surface area contributed by atoms with Gasteiger partial charge in [0.1, 0.15) is 17.4 Å². The number of nitrogens with one attached hydrogen (secondary N) is 1. The second kappa shape index (κ2) is 6.86. The quantitative estimate of drug-likeness (QED) is 0.819. The number of rotatable bonds is 2. The third-order valence-corrected chi connectivity index (χ3v) is 6.84. The average molecular weight is 389 g/mol. The smallest absolute Gasteiger partial charge is 0.136 e. The highest BCUT2D eigenvalue weighted by Gasteiger charge is 2.46. The molecule has 6 heteroatoms. The third-order valence-electron chi connectivity index (χ3n) is 5.34. The van der Waals surface area contributed by atoms with Crippen molar-refractivity contribution in [3.05, 3.63) is 50.2 Å². The van der Waals surface area contributed by atoms with Crippen LogP contribution in [0.15, 0.2) is 24.3 Å². The van der Waals surface area contributed by atoms with Gasteiger partial charge in [-0.25, -0.2) is 0 Å².